The van der Waals surface area contributed by atoms with Gasteiger partial charge >= 0.3 is 0 Å². The molecule has 168 valence electrons. The normalized spacial score (nSPS) is 11.8. The van der Waals surface area contributed by atoms with E-state index in [1.807, 2.05) is 60.0 Å². The number of imidazole rings is 1. The highest BCUT2D eigenvalue weighted by molar-refractivity contribution is 6.30. The molecule has 10 nitrogen and oxygen atoms in total. The van der Waals surface area contributed by atoms with Crippen molar-refractivity contribution in [3.05, 3.63) is 81.2 Å². The number of azide groups is 1. The van der Waals surface area contributed by atoms with Gasteiger partial charge in [-0.2, -0.15) is 5.21 Å². The minimum atomic E-state index is -0.459. The molecule has 0 fully saturated rings. The first kappa shape index (κ1) is 22.5. The number of nitrogens with one attached hydrogen (secondary N) is 1. The zero-order chi connectivity index (χ0) is 23.2. The molecular formula is C22H22ClN9O. The highest BCUT2D eigenvalue weighted by Crippen LogP contribution is 2.31. The third-order valence-corrected chi connectivity index (χ3v) is 5.68. The van der Waals surface area contributed by atoms with Gasteiger partial charge in [0.15, 0.2) is 5.15 Å². The van der Waals surface area contributed by atoms with Gasteiger partial charge in [-0.25, -0.2) is 4.98 Å². The maximum Gasteiger partial charge on any atom is 0.205 e. The molecule has 0 radical (unpaired) electrons. The third kappa shape index (κ3) is 4.73. The van der Waals surface area contributed by atoms with Crippen LogP contribution in [0.4, 0.5) is 0 Å². The SMILES string of the molecule is CCCC(N=[N+]=[N-])c1nc(Cl)c(CO)n1Cc1ccc(-c2ccccc2-c2nn[nH]n2)cc1. The molecule has 33 heavy (non-hydrogen) atoms. The van der Waals surface area contributed by atoms with Gasteiger partial charge in [-0.3, -0.25) is 0 Å². The van der Waals surface area contributed by atoms with Crippen LogP contribution >= 0.6 is 11.6 Å². The van der Waals surface area contributed by atoms with E-state index in [0.29, 0.717) is 30.3 Å². The van der Waals surface area contributed by atoms with Crippen molar-refractivity contribution in [2.45, 2.75) is 39.0 Å². The Kier molecular flexibility index (Phi) is 6.99. The van der Waals surface area contributed by atoms with Crippen molar-refractivity contribution in [3.63, 3.8) is 0 Å². The molecule has 0 amide bonds. The lowest BCUT2D eigenvalue weighted by atomic mass is 9.98. The van der Waals surface area contributed by atoms with Crippen molar-refractivity contribution in [1.82, 2.24) is 30.2 Å². The zero-order valence-corrected chi connectivity index (χ0v) is 18.7. The monoisotopic (exact) mass is 463 g/mol. The molecule has 0 aliphatic heterocycles. The molecule has 2 heterocycles. The van der Waals surface area contributed by atoms with Crippen molar-refractivity contribution < 1.29 is 5.11 Å². The van der Waals surface area contributed by atoms with Gasteiger partial charge in [-0.15, -0.1) is 10.2 Å². The molecule has 2 aromatic carbocycles. The van der Waals surface area contributed by atoms with Crippen molar-refractivity contribution in [1.29, 1.82) is 0 Å². The van der Waals surface area contributed by atoms with Gasteiger partial charge in [-0.05, 0) is 33.9 Å². The van der Waals surface area contributed by atoms with Gasteiger partial charge in [-0.1, -0.05) is 78.6 Å². The Hall–Kier alpha value is -3.72. The van der Waals surface area contributed by atoms with E-state index in [1.165, 1.54) is 0 Å². The first-order chi connectivity index (χ1) is 16.2. The van der Waals surface area contributed by atoms with E-state index in [-0.39, 0.29) is 11.8 Å². The summed E-state index contributed by atoms with van der Waals surface area (Å²) in [6, 6.07) is 15.4. The second-order valence-corrected chi connectivity index (χ2v) is 7.80. The minimum Gasteiger partial charge on any atom is -0.390 e. The fourth-order valence-corrected chi connectivity index (χ4v) is 4.06. The van der Waals surface area contributed by atoms with Crippen LogP contribution in [-0.2, 0) is 13.2 Å². The van der Waals surface area contributed by atoms with Gasteiger partial charge < -0.3 is 9.67 Å². The van der Waals surface area contributed by atoms with Crippen LogP contribution in [0, 0.1) is 0 Å². The van der Waals surface area contributed by atoms with Crippen LogP contribution in [0.1, 0.15) is 42.9 Å². The predicted octanol–water partition coefficient (Wildman–Crippen LogP) is 5.08. The number of H-pyrrole nitrogens is 1. The molecule has 0 aliphatic carbocycles. The summed E-state index contributed by atoms with van der Waals surface area (Å²) in [6.07, 6.45) is 1.45. The Balaban J connectivity index is 1.67. The number of benzene rings is 2. The number of halogens is 1. The lowest BCUT2D eigenvalue weighted by Crippen LogP contribution is -2.12. The second kappa shape index (κ2) is 10.3. The molecule has 0 aliphatic rings. The van der Waals surface area contributed by atoms with Crippen LogP contribution in [0.2, 0.25) is 5.15 Å². The summed E-state index contributed by atoms with van der Waals surface area (Å²) in [5, 5.41) is 28.3. The van der Waals surface area contributed by atoms with E-state index in [4.69, 9.17) is 17.1 Å². The fourth-order valence-electron chi connectivity index (χ4n) is 3.81. The van der Waals surface area contributed by atoms with Gasteiger partial charge in [0.25, 0.3) is 0 Å². The Morgan fingerprint density at radius 2 is 1.94 bits per heavy atom. The van der Waals surface area contributed by atoms with Gasteiger partial charge in [0.1, 0.15) is 5.82 Å². The number of hydrogen-bond donors (Lipinski definition) is 2. The highest BCUT2D eigenvalue weighted by atomic mass is 35.5. The lowest BCUT2D eigenvalue weighted by molar-refractivity contribution is 0.270. The van der Waals surface area contributed by atoms with E-state index in [9.17, 15) is 5.11 Å². The Morgan fingerprint density at radius 3 is 2.58 bits per heavy atom. The van der Waals surface area contributed by atoms with Crippen molar-refractivity contribution in [2.24, 2.45) is 5.11 Å². The van der Waals surface area contributed by atoms with Gasteiger partial charge in [0.05, 0.1) is 18.3 Å². The molecule has 11 heteroatoms. The molecule has 4 rings (SSSR count). The number of aromatic amines is 1. The molecule has 2 N–H and O–H groups in total. The quantitative estimate of drug-likeness (QED) is 0.202. The van der Waals surface area contributed by atoms with Gasteiger partial charge in [0, 0.05) is 17.0 Å². The van der Waals surface area contributed by atoms with E-state index < -0.39 is 6.04 Å². The first-order valence-corrected chi connectivity index (χ1v) is 10.9. The average molecular weight is 464 g/mol. The number of aromatic nitrogens is 6. The summed E-state index contributed by atoms with van der Waals surface area (Å²) >= 11 is 6.29. The molecule has 0 bridgehead atoms. The van der Waals surface area contributed by atoms with Crippen molar-refractivity contribution in [2.75, 3.05) is 0 Å². The Labute approximate surface area is 194 Å². The molecule has 2 aromatic heterocycles. The van der Waals surface area contributed by atoms with Crippen LogP contribution in [0.25, 0.3) is 33.0 Å². The van der Waals surface area contributed by atoms with Crippen LogP contribution in [0.3, 0.4) is 0 Å². The zero-order valence-electron chi connectivity index (χ0n) is 17.9. The highest BCUT2D eigenvalue weighted by Gasteiger charge is 2.22. The molecule has 0 spiro atoms. The number of rotatable bonds is 9. The van der Waals surface area contributed by atoms with E-state index >= 15 is 0 Å². The van der Waals surface area contributed by atoms with E-state index in [2.05, 4.69) is 35.6 Å². The summed E-state index contributed by atoms with van der Waals surface area (Å²) in [5.41, 5.74) is 13.3. The maximum absolute atomic E-state index is 9.88. The summed E-state index contributed by atoms with van der Waals surface area (Å²) in [7, 11) is 0. The number of hydrogen-bond acceptors (Lipinski definition) is 6. The third-order valence-electron chi connectivity index (χ3n) is 5.37. The van der Waals surface area contributed by atoms with Crippen molar-refractivity contribution >= 4 is 11.6 Å². The van der Waals surface area contributed by atoms with Crippen LogP contribution < -0.4 is 0 Å². The van der Waals surface area contributed by atoms with E-state index in [1.54, 1.807) is 0 Å². The topological polar surface area (TPSA) is 141 Å². The molecule has 0 saturated carbocycles. The number of nitrogens with zero attached hydrogens (tertiary/aromatic N) is 8. The van der Waals surface area contributed by atoms with Crippen LogP contribution in [0.15, 0.2) is 53.6 Å². The molecule has 1 atom stereocenters. The molecular weight excluding hydrogens is 442 g/mol. The summed E-state index contributed by atoms with van der Waals surface area (Å²) in [5.74, 6) is 1.08. The molecule has 4 aromatic rings. The average Bonchev–Trinajstić information content (AvgIpc) is 3.48. The van der Waals surface area contributed by atoms with Crippen LogP contribution in [-0.4, -0.2) is 35.3 Å². The van der Waals surface area contributed by atoms with Gasteiger partial charge in [0.2, 0.25) is 5.82 Å². The van der Waals surface area contributed by atoms with Crippen LogP contribution in [0.5, 0.6) is 0 Å². The summed E-state index contributed by atoms with van der Waals surface area (Å²) < 4.78 is 1.83. The molecule has 1 unspecified atom stereocenters. The number of aliphatic hydroxyl groups is 1. The summed E-state index contributed by atoms with van der Waals surface area (Å²) in [4.78, 5) is 7.37. The second-order valence-electron chi connectivity index (χ2n) is 7.44. The maximum atomic E-state index is 9.88. The Morgan fingerprint density at radius 1 is 1.18 bits per heavy atom. The number of tetrazole rings is 1. The smallest absolute Gasteiger partial charge is 0.205 e. The minimum absolute atomic E-state index is 0.215. The fraction of sp³-hybridized carbons (Fsp3) is 0.273. The molecule has 0 saturated heterocycles. The predicted molar refractivity (Wildman–Crippen MR) is 124 cm³/mol. The number of aliphatic hydroxyl groups excluding tert-OH is 1. The standard InChI is InChI=1S/C22H22ClN9O/c1-2-5-18(26-29-24)22-25-20(23)19(13-33)32(22)12-14-8-10-15(11-9-14)16-6-3-4-7-17(16)21-27-30-31-28-21/h3-4,6-11,18,33H,2,5,12-13H2,1H3,(H,27,28,30,31). The first-order valence-electron chi connectivity index (χ1n) is 10.5. The summed E-state index contributed by atoms with van der Waals surface area (Å²) in [6.45, 7) is 2.17. The lowest BCUT2D eigenvalue weighted by Gasteiger charge is -2.15. The van der Waals surface area contributed by atoms with E-state index in [0.717, 1.165) is 28.7 Å². The Bertz CT molecular complexity index is 1260. The largest absolute Gasteiger partial charge is 0.390 e. The van der Waals surface area contributed by atoms with Crippen molar-refractivity contribution in [3.8, 4) is 22.5 Å².